The SMILES string of the molecule is CN=C(NCCCN(C)CC(F)(F)F)NC1CCN(CC(F)(F)F)C1. The number of hydrogen-bond donors (Lipinski definition) is 2. The van der Waals surface area contributed by atoms with Gasteiger partial charge in [0, 0.05) is 32.7 Å². The number of aliphatic imine (C=N–C) groups is 1. The molecule has 0 aromatic carbocycles. The van der Waals surface area contributed by atoms with E-state index < -0.39 is 25.4 Å². The van der Waals surface area contributed by atoms with E-state index in [2.05, 4.69) is 15.6 Å². The molecule has 1 fully saturated rings. The van der Waals surface area contributed by atoms with Crippen molar-refractivity contribution in [1.82, 2.24) is 20.4 Å². The van der Waals surface area contributed by atoms with Gasteiger partial charge in [-0.25, -0.2) is 0 Å². The van der Waals surface area contributed by atoms with Gasteiger partial charge >= 0.3 is 12.4 Å². The first kappa shape index (κ1) is 21.8. The lowest BCUT2D eigenvalue weighted by Gasteiger charge is -2.21. The average molecular weight is 377 g/mol. The van der Waals surface area contributed by atoms with Crippen LogP contribution >= 0.6 is 0 Å². The Balaban J connectivity index is 2.23. The van der Waals surface area contributed by atoms with Crippen LogP contribution in [0.3, 0.4) is 0 Å². The van der Waals surface area contributed by atoms with Crippen molar-refractivity contribution in [3.8, 4) is 0 Å². The lowest BCUT2D eigenvalue weighted by atomic mass is 10.3. The third kappa shape index (κ3) is 10.4. The summed E-state index contributed by atoms with van der Waals surface area (Å²) < 4.78 is 73.7. The van der Waals surface area contributed by atoms with E-state index in [1.54, 1.807) is 0 Å². The second-order valence-corrected chi connectivity index (χ2v) is 6.19. The van der Waals surface area contributed by atoms with E-state index in [4.69, 9.17) is 0 Å². The summed E-state index contributed by atoms with van der Waals surface area (Å²) in [6.07, 6.45) is -7.37. The molecule has 2 N–H and O–H groups in total. The van der Waals surface area contributed by atoms with Gasteiger partial charge in [-0.3, -0.25) is 14.8 Å². The molecule has 1 atom stereocenters. The number of alkyl halides is 6. The Morgan fingerprint density at radius 2 is 1.88 bits per heavy atom. The molecule has 1 rings (SSSR count). The lowest BCUT2D eigenvalue weighted by molar-refractivity contribution is -0.144. The Morgan fingerprint density at radius 1 is 1.20 bits per heavy atom. The maximum Gasteiger partial charge on any atom is 0.401 e. The third-order valence-electron chi connectivity index (χ3n) is 3.70. The summed E-state index contributed by atoms with van der Waals surface area (Å²) in [4.78, 5) is 6.50. The second kappa shape index (κ2) is 9.46. The average Bonchev–Trinajstić information content (AvgIpc) is 2.85. The fourth-order valence-corrected chi connectivity index (χ4v) is 2.68. The van der Waals surface area contributed by atoms with Gasteiger partial charge in [-0.1, -0.05) is 0 Å². The van der Waals surface area contributed by atoms with Crippen molar-refractivity contribution in [2.75, 3.05) is 53.4 Å². The number of nitrogens with one attached hydrogen (secondary N) is 2. The second-order valence-electron chi connectivity index (χ2n) is 6.19. The van der Waals surface area contributed by atoms with Crippen molar-refractivity contribution in [1.29, 1.82) is 0 Å². The van der Waals surface area contributed by atoms with Gasteiger partial charge in [-0.05, 0) is 26.4 Å². The topological polar surface area (TPSA) is 42.9 Å². The Bertz CT molecular complexity index is 423. The molecule has 0 aromatic heterocycles. The van der Waals surface area contributed by atoms with Crippen molar-refractivity contribution in [2.24, 2.45) is 4.99 Å². The minimum Gasteiger partial charge on any atom is -0.356 e. The van der Waals surface area contributed by atoms with Crippen molar-refractivity contribution in [3.05, 3.63) is 0 Å². The van der Waals surface area contributed by atoms with Crippen LogP contribution in [0.5, 0.6) is 0 Å². The molecule has 0 aromatic rings. The molecule has 0 amide bonds. The Labute approximate surface area is 143 Å². The quantitative estimate of drug-likeness (QED) is 0.307. The van der Waals surface area contributed by atoms with Crippen LogP contribution in [0.1, 0.15) is 12.8 Å². The molecule has 0 spiro atoms. The van der Waals surface area contributed by atoms with Crippen molar-refractivity contribution in [2.45, 2.75) is 31.2 Å². The van der Waals surface area contributed by atoms with Crippen LogP contribution in [-0.4, -0.2) is 87.5 Å². The summed E-state index contributed by atoms with van der Waals surface area (Å²) in [6, 6.07) is -0.138. The van der Waals surface area contributed by atoms with Crippen molar-refractivity contribution < 1.29 is 26.3 Å². The summed E-state index contributed by atoms with van der Waals surface area (Å²) in [7, 11) is 2.93. The van der Waals surface area contributed by atoms with Crippen LogP contribution in [-0.2, 0) is 0 Å². The fourth-order valence-electron chi connectivity index (χ4n) is 2.68. The van der Waals surface area contributed by atoms with E-state index in [1.165, 1.54) is 23.9 Å². The molecule has 1 aliphatic heterocycles. The van der Waals surface area contributed by atoms with Crippen molar-refractivity contribution >= 4 is 5.96 Å². The molecular weight excluding hydrogens is 352 g/mol. The number of hydrogen-bond acceptors (Lipinski definition) is 3. The molecule has 0 aliphatic carbocycles. The van der Waals surface area contributed by atoms with E-state index in [1.807, 2.05) is 0 Å². The van der Waals surface area contributed by atoms with E-state index in [0.29, 0.717) is 31.9 Å². The number of likely N-dealkylation sites (tertiary alicyclic amines) is 1. The number of nitrogens with zero attached hydrogens (tertiary/aromatic N) is 3. The molecule has 1 unspecified atom stereocenters. The smallest absolute Gasteiger partial charge is 0.356 e. The maximum atomic E-state index is 12.4. The number of rotatable bonds is 7. The molecule has 0 saturated carbocycles. The Kier molecular flexibility index (Phi) is 8.26. The fraction of sp³-hybridized carbons (Fsp3) is 0.929. The molecule has 5 nitrogen and oxygen atoms in total. The van der Waals surface area contributed by atoms with Gasteiger partial charge in [0.25, 0.3) is 0 Å². The highest BCUT2D eigenvalue weighted by Gasteiger charge is 2.34. The van der Waals surface area contributed by atoms with Gasteiger partial charge in [-0.15, -0.1) is 0 Å². The normalized spacial score (nSPS) is 20.4. The molecule has 1 heterocycles. The summed E-state index contributed by atoms with van der Waals surface area (Å²) in [5, 5.41) is 6.01. The minimum atomic E-state index is -4.22. The minimum absolute atomic E-state index is 0.138. The van der Waals surface area contributed by atoms with Gasteiger partial charge in [0.2, 0.25) is 0 Å². The number of guanidine groups is 1. The molecular formula is C14H25F6N5. The molecule has 0 bridgehead atoms. The first-order valence-electron chi connectivity index (χ1n) is 8.00. The largest absolute Gasteiger partial charge is 0.401 e. The van der Waals surface area contributed by atoms with Gasteiger partial charge in [-0.2, -0.15) is 26.3 Å². The van der Waals surface area contributed by atoms with Crippen LogP contribution in [0.4, 0.5) is 26.3 Å². The van der Waals surface area contributed by atoms with Crippen LogP contribution in [0.15, 0.2) is 4.99 Å². The van der Waals surface area contributed by atoms with Gasteiger partial charge in [0.1, 0.15) is 0 Å². The highest BCUT2D eigenvalue weighted by atomic mass is 19.4. The summed E-state index contributed by atoms with van der Waals surface area (Å²) in [5.74, 6) is 0.442. The summed E-state index contributed by atoms with van der Waals surface area (Å²) in [5.41, 5.74) is 0. The molecule has 1 aliphatic rings. The van der Waals surface area contributed by atoms with Crippen LogP contribution in [0, 0.1) is 0 Å². The highest BCUT2D eigenvalue weighted by molar-refractivity contribution is 5.79. The van der Waals surface area contributed by atoms with Crippen LogP contribution in [0.2, 0.25) is 0 Å². The van der Waals surface area contributed by atoms with Crippen molar-refractivity contribution in [3.63, 3.8) is 0 Å². The highest BCUT2D eigenvalue weighted by Crippen LogP contribution is 2.20. The third-order valence-corrected chi connectivity index (χ3v) is 3.70. The first-order valence-corrected chi connectivity index (χ1v) is 8.00. The Morgan fingerprint density at radius 3 is 2.44 bits per heavy atom. The van der Waals surface area contributed by atoms with Gasteiger partial charge < -0.3 is 10.6 Å². The van der Waals surface area contributed by atoms with Crippen LogP contribution < -0.4 is 10.6 Å². The molecule has 11 heteroatoms. The van der Waals surface area contributed by atoms with E-state index in [9.17, 15) is 26.3 Å². The predicted molar refractivity (Wildman–Crippen MR) is 83.6 cm³/mol. The number of halogens is 6. The summed E-state index contributed by atoms with van der Waals surface area (Å²) >= 11 is 0. The van der Waals surface area contributed by atoms with E-state index in [-0.39, 0.29) is 19.1 Å². The summed E-state index contributed by atoms with van der Waals surface area (Å²) in [6.45, 7) is -0.572. The zero-order valence-corrected chi connectivity index (χ0v) is 14.3. The van der Waals surface area contributed by atoms with Gasteiger partial charge in [0.15, 0.2) is 5.96 Å². The van der Waals surface area contributed by atoms with E-state index >= 15 is 0 Å². The molecule has 148 valence electrons. The monoisotopic (exact) mass is 377 g/mol. The zero-order valence-electron chi connectivity index (χ0n) is 14.3. The standard InChI is InChI=1S/C14H25F6N5/c1-21-12(22-5-3-6-24(2)9-13(15,16)17)23-11-4-7-25(8-11)10-14(18,19)20/h11H,3-10H2,1-2H3,(H2,21,22,23). The van der Waals surface area contributed by atoms with Gasteiger partial charge in [0.05, 0.1) is 13.1 Å². The maximum absolute atomic E-state index is 12.4. The molecule has 1 saturated heterocycles. The molecule has 0 radical (unpaired) electrons. The van der Waals surface area contributed by atoms with E-state index in [0.717, 1.165) is 0 Å². The first-order chi connectivity index (χ1) is 11.5. The lowest BCUT2D eigenvalue weighted by Crippen LogP contribution is -2.45. The Hall–Kier alpha value is -1.23. The zero-order chi connectivity index (χ0) is 19.1. The predicted octanol–water partition coefficient (Wildman–Crippen LogP) is 1.67. The molecule has 25 heavy (non-hydrogen) atoms. The van der Waals surface area contributed by atoms with Crippen LogP contribution in [0.25, 0.3) is 0 Å².